The van der Waals surface area contributed by atoms with E-state index in [4.69, 9.17) is 4.74 Å². The number of hydrogen-bond donors (Lipinski definition) is 1. The van der Waals surface area contributed by atoms with Gasteiger partial charge in [-0.15, -0.1) is 10.2 Å². The van der Waals surface area contributed by atoms with Gasteiger partial charge in [0.2, 0.25) is 5.91 Å². The van der Waals surface area contributed by atoms with Crippen LogP contribution in [0.3, 0.4) is 0 Å². The predicted octanol–water partition coefficient (Wildman–Crippen LogP) is 3.53. The number of ether oxygens (including phenoxy) is 2. The van der Waals surface area contributed by atoms with E-state index in [1.165, 1.54) is 18.9 Å². The molecule has 8 nitrogen and oxygen atoms in total. The first-order chi connectivity index (χ1) is 14.9. The van der Waals surface area contributed by atoms with Crippen LogP contribution in [0.2, 0.25) is 0 Å². The van der Waals surface area contributed by atoms with Gasteiger partial charge in [0.25, 0.3) is 0 Å². The molecule has 9 heteroatoms. The molecule has 0 saturated carbocycles. The van der Waals surface area contributed by atoms with Crippen molar-refractivity contribution in [2.24, 2.45) is 7.05 Å². The van der Waals surface area contributed by atoms with Crippen LogP contribution in [-0.4, -0.2) is 39.5 Å². The first-order valence-electron chi connectivity index (χ1n) is 9.56. The molecule has 3 aromatic rings. The lowest BCUT2D eigenvalue weighted by molar-refractivity contribution is -0.113. The number of thioether (sulfide) groups is 1. The van der Waals surface area contributed by atoms with E-state index in [1.807, 2.05) is 43.7 Å². The second-order valence-corrected chi connectivity index (χ2v) is 7.86. The maximum atomic E-state index is 12.3. The summed E-state index contributed by atoms with van der Waals surface area (Å²) in [5.74, 6) is 1.04. The fraction of sp³-hybridized carbons (Fsp3) is 0.273. The molecule has 1 amide bonds. The lowest BCUT2D eigenvalue weighted by atomic mass is 10.1. The standard InChI is InChI=1S/C22H24N4O4S/c1-14-5-6-15(2)18(11-14)30-12-19-24-25-22(26(19)3)31-13-20(27)23-17-9-7-16(8-10-17)21(28)29-4/h5-11H,12-13H2,1-4H3,(H,23,27). The summed E-state index contributed by atoms with van der Waals surface area (Å²) in [5.41, 5.74) is 3.20. The second-order valence-electron chi connectivity index (χ2n) is 6.92. The number of aromatic nitrogens is 3. The van der Waals surface area contributed by atoms with Crippen LogP contribution >= 0.6 is 11.8 Å². The minimum Gasteiger partial charge on any atom is -0.485 e. The largest absolute Gasteiger partial charge is 0.485 e. The Kier molecular flexibility index (Phi) is 7.30. The van der Waals surface area contributed by atoms with Gasteiger partial charge in [-0.2, -0.15) is 0 Å². The molecule has 1 aromatic heterocycles. The number of hydrogen-bond acceptors (Lipinski definition) is 7. The van der Waals surface area contributed by atoms with E-state index in [2.05, 4.69) is 20.3 Å². The van der Waals surface area contributed by atoms with Crippen molar-refractivity contribution >= 4 is 29.3 Å². The fourth-order valence-corrected chi connectivity index (χ4v) is 3.47. The van der Waals surface area contributed by atoms with Crippen molar-refractivity contribution in [1.82, 2.24) is 14.8 Å². The van der Waals surface area contributed by atoms with Gasteiger partial charge in [0.15, 0.2) is 11.0 Å². The Balaban J connectivity index is 1.52. The summed E-state index contributed by atoms with van der Waals surface area (Å²) < 4.78 is 12.4. The number of rotatable bonds is 8. The zero-order valence-corrected chi connectivity index (χ0v) is 18.7. The Morgan fingerprint density at radius 3 is 2.55 bits per heavy atom. The Bertz CT molecular complexity index is 1080. The molecular formula is C22H24N4O4S. The first kappa shape index (κ1) is 22.4. The molecule has 3 rings (SSSR count). The molecule has 0 unspecified atom stereocenters. The highest BCUT2D eigenvalue weighted by atomic mass is 32.2. The monoisotopic (exact) mass is 440 g/mol. The van der Waals surface area contributed by atoms with Gasteiger partial charge in [0.1, 0.15) is 12.4 Å². The molecule has 1 heterocycles. The zero-order valence-electron chi connectivity index (χ0n) is 17.8. The van der Waals surface area contributed by atoms with Crippen molar-refractivity contribution < 1.29 is 19.1 Å². The number of carbonyl (C=O) groups is 2. The lowest BCUT2D eigenvalue weighted by Crippen LogP contribution is -2.14. The predicted molar refractivity (Wildman–Crippen MR) is 118 cm³/mol. The molecule has 0 atom stereocenters. The quantitative estimate of drug-likeness (QED) is 0.423. The average molecular weight is 441 g/mol. The Labute approximate surface area is 185 Å². The maximum Gasteiger partial charge on any atom is 0.337 e. The first-order valence-corrected chi connectivity index (χ1v) is 10.5. The van der Waals surface area contributed by atoms with Gasteiger partial charge < -0.3 is 19.4 Å². The number of benzene rings is 2. The highest BCUT2D eigenvalue weighted by Crippen LogP contribution is 2.21. The summed E-state index contributed by atoms with van der Waals surface area (Å²) in [4.78, 5) is 23.7. The van der Waals surface area contributed by atoms with Crippen LogP contribution in [0.5, 0.6) is 5.75 Å². The number of anilines is 1. The van der Waals surface area contributed by atoms with Gasteiger partial charge in [-0.1, -0.05) is 23.9 Å². The van der Waals surface area contributed by atoms with Crippen molar-refractivity contribution in [3.63, 3.8) is 0 Å². The summed E-state index contributed by atoms with van der Waals surface area (Å²) >= 11 is 1.28. The smallest absolute Gasteiger partial charge is 0.337 e. The third kappa shape index (κ3) is 5.85. The van der Waals surface area contributed by atoms with E-state index in [-0.39, 0.29) is 18.3 Å². The minimum atomic E-state index is -0.423. The van der Waals surface area contributed by atoms with Gasteiger partial charge in [-0.05, 0) is 55.3 Å². The SMILES string of the molecule is COC(=O)c1ccc(NC(=O)CSc2nnc(COc3cc(C)ccc3C)n2C)cc1. The molecular weight excluding hydrogens is 416 g/mol. The summed E-state index contributed by atoms with van der Waals surface area (Å²) in [5, 5.41) is 11.7. The molecule has 1 N–H and O–H groups in total. The molecule has 0 fully saturated rings. The number of nitrogens with one attached hydrogen (secondary N) is 1. The third-order valence-electron chi connectivity index (χ3n) is 4.55. The second kappa shape index (κ2) is 10.1. The van der Waals surface area contributed by atoms with Gasteiger partial charge >= 0.3 is 5.97 Å². The number of aryl methyl sites for hydroxylation is 2. The third-order valence-corrected chi connectivity index (χ3v) is 5.57. The van der Waals surface area contributed by atoms with E-state index < -0.39 is 5.97 Å². The van der Waals surface area contributed by atoms with Crippen molar-refractivity contribution in [2.75, 3.05) is 18.2 Å². The van der Waals surface area contributed by atoms with Crippen LogP contribution in [0.4, 0.5) is 5.69 Å². The Morgan fingerprint density at radius 2 is 1.84 bits per heavy atom. The molecule has 0 aliphatic carbocycles. The van der Waals surface area contributed by atoms with Crippen LogP contribution < -0.4 is 10.1 Å². The summed E-state index contributed by atoms with van der Waals surface area (Å²) in [6, 6.07) is 12.5. The van der Waals surface area contributed by atoms with Crippen LogP contribution in [0.1, 0.15) is 27.3 Å². The van der Waals surface area contributed by atoms with Gasteiger partial charge in [-0.3, -0.25) is 4.79 Å². The van der Waals surface area contributed by atoms with Gasteiger partial charge in [0, 0.05) is 12.7 Å². The number of methoxy groups -OCH3 is 1. The Morgan fingerprint density at radius 1 is 1.10 bits per heavy atom. The normalized spacial score (nSPS) is 10.6. The summed E-state index contributed by atoms with van der Waals surface area (Å²) in [6.07, 6.45) is 0. The summed E-state index contributed by atoms with van der Waals surface area (Å²) in [7, 11) is 3.16. The number of nitrogens with zero attached hydrogens (tertiary/aromatic N) is 3. The number of carbonyl (C=O) groups excluding carboxylic acids is 2. The molecule has 31 heavy (non-hydrogen) atoms. The maximum absolute atomic E-state index is 12.3. The van der Waals surface area contributed by atoms with Crippen LogP contribution in [0.25, 0.3) is 0 Å². The minimum absolute atomic E-state index is 0.169. The highest BCUT2D eigenvalue weighted by Gasteiger charge is 2.13. The topological polar surface area (TPSA) is 95.3 Å². The summed E-state index contributed by atoms with van der Waals surface area (Å²) in [6.45, 7) is 4.29. The molecule has 0 radical (unpaired) electrons. The molecule has 162 valence electrons. The Hall–Kier alpha value is -3.33. The van der Waals surface area contributed by atoms with E-state index >= 15 is 0 Å². The van der Waals surface area contributed by atoms with Crippen molar-refractivity contribution in [2.45, 2.75) is 25.6 Å². The van der Waals surface area contributed by atoms with Crippen molar-refractivity contribution in [3.8, 4) is 5.75 Å². The van der Waals surface area contributed by atoms with Crippen molar-refractivity contribution in [1.29, 1.82) is 0 Å². The molecule has 0 bridgehead atoms. The van der Waals surface area contributed by atoms with E-state index in [0.717, 1.165) is 16.9 Å². The van der Waals surface area contributed by atoms with E-state index in [9.17, 15) is 9.59 Å². The highest BCUT2D eigenvalue weighted by molar-refractivity contribution is 7.99. The zero-order chi connectivity index (χ0) is 22.4. The number of esters is 1. The molecule has 2 aromatic carbocycles. The lowest BCUT2D eigenvalue weighted by Gasteiger charge is -2.10. The average Bonchev–Trinajstić information content (AvgIpc) is 3.12. The van der Waals surface area contributed by atoms with Crippen LogP contribution in [0, 0.1) is 13.8 Å². The van der Waals surface area contributed by atoms with Gasteiger partial charge in [0.05, 0.1) is 18.4 Å². The van der Waals surface area contributed by atoms with E-state index in [0.29, 0.717) is 22.2 Å². The molecule has 0 saturated heterocycles. The van der Waals surface area contributed by atoms with Crippen molar-refractivity contribution in [3.05, 3.63) is 65.0 Å². The fourth-order valence-electron chi connectivity index (χ4n) is 2.74. The van der Waals surface area contributed by atoms with Gasteiger partial charge in [-0.25, -0.2) is 4.79 Å². The molecule has 0 aliphatic heterocycles. The molecule has 0 aliphatic rings. The molecule has 0 spiro atoms. The van der Waals surface area contributed by atoms with Crippen LogP contribution in [-0.2, 0) is 23.2 Å². The van der Waals surface area contributed by atoms with E-state index in [1.54, 1.807) is 24.3 Å². The van der Waals surface area contributed by atoms with Crippen LogP contribution in [0.15, 0.2) is 47.6 Å². The number of amides is 1.